The number of hydrogen-bond acceptors (Lipinski definition) is 10. The molecule has 53 heavy (non-hydrogen) atoms. The van der Waals surface area contributed by atoms with Crippen LogP contribution in [0.4, 0.5) is 14.4 Å². The highest BCUT2D eigenvalue weighted by Crippen LogP contribution is 2.18. The zero-order valence-electron chi connectivity index (χ0n) is 32.1. The van der Waals surface area contributed by atoms with Crippen LogP contribution in [-0.2, 0) is 27.1 Å². The lowest BCUT2D eigenvalue weighted by Crippen LogP contribution is -2.55. The molecule has 15 heteroatoms. The van der Waals surface area contributed by atoms with Gasteiger partial charge in [0, 0.05) is 27.7 Å². The molecule has 5 N–H and O–H groups in total. The average molecular weight is 761 g/mol. The molecule has 0 aromatic heterocycles. The molecule has 3 rings (SSSR count). The topological polar surface area (TPSA) is 179 Å². The number of alkyl carbamates (subject to hydrolysis) is 1. The van der Waals surface area contributed by atoms with Crippen LogP contribution in [0.3, 0.4) is 0 Å². The third-order valence-corrected chi connectivity index (χ3v) is 10.3. The number of morpholine rings is 1. The van der Waals surface area contributed by atoms with Crippen molar-refractivity contribution < 1.29 is 48.7 Å². The predicted octanol–water partition coefficient (Wildman–Crippen LogP) is 4.21. The maximum atomic E-state index is 13.5. The Hall–Kier alpha value is -3.89. The van der Waals surface area contributed by atoms with Crippen molar-refractivity contribution in [2.24, 2.45) is 0 Å². The lowest BCUT2D eigenvalue weighted by molar-refractivity contribution is 0.0222. The minimum atomic E-state index is -1.57. The fraction of sp³-hybridized carbons (Fsp3) is 0.605. The molecule has 1 fully saturated rings. The minimum absolute atomic E-state index is 0.151. The Bertz CT molecular complexity index is 1400. The van der Waals surface area contributed by atoms with E-state index >= 15 is 0 Å². The fourth-order valence-corrected chi connectivity index (χ4v) is 6.33. The van der Waals surface area contributed by atoms with E-state index in [4.69, 9.17) is 18.9 Å². The van der Waals surface area contributed by atoms with E-state index in [0.717, 1.165) is 35.7 Å². The van der Waals surface area contributed by atoms with E-state index in [2.05, 4.69) is 35.2 Å². The number of amides is 3. The van der Waals surface area contributed by atoms with E-state index in [1.165, 1.54) is 0 Å². The van der Waals surface area contributed by atoms with Gasteiger partial charge in [-0.1, -0.05) is 62.1 Å². The first kappa shape index (κ1) is 43.5. The largest absolute Gasteiger partial charge is 0.492 e. The standard InChI is InChI=1S/C38H60N4O10Si/c1-38(2,3)52-36(47)40-32(25-29-12-14-30(15-13-29)50-21-18-41-16-19-49-20-17-41)34(44)27-42(37(48)51-22-23-53(4,5)6)26-33(43)31(39-35(45)46)24-28-10-8-7-9-11-28/h7-15,31-34,39,43-44H,16-27H2,1-6H3,(H,40,47)(H,45,46)/t31-,32-,33+,34?/m0/s1. The van der Waals surface area contributed by atoms with Crippen LogP contribution in [0.25, 0.3) is 0 Å². The highest BCUT2D eigenvalue weighted by atomic mass is 28.3. The quantitative estimate of drug-likeness (QED) is 0.130. The lowest BCUT2D eigenvalue weighted by atomic mass is 9.99. The third-order valence-electron chi connectivity index (χ3n) is 8.55. The molecule has 1 unspecified atom stereocenters. The number of carboxylic acid groups (broad SMARTS) is 1. The van der Waals surface area contributed by atoms with Gasteiger partial charge in [-0.05, 0) is 62.9 Å². The van der Waals surface area contributed by atoms with E-state index in [1.54, 1.807) is 20.8 Å². The summed E-state index contributed by atoms with van der Waals surface area (Å²) in [7, 11) is -1.57. The van der Waals surface area contributed by atoms with Crippen LogP contribution < -0.4 is 15.4 Å². The van der Waals surface area contributed by atoms with Crippen LogP contribution in [0, 0.1) is 0 Å². The summed E-state index contributed by atoms with van der Waals surface area (Å²) in [6.45, 7) is 15.6. The number of nitrogens with one attached hydrogen (secondary N) is 2. The Kier molecular flexibility index (Phi) is 17.3. The van der Waals surface area contributed by atoms with Crippen LogP contribution in [-0.4, -0.2) is 141 Å². The van der Waals surface area contributed by atoms with Gasteiger partial charge >= 0.3 is 18.3 Å². The molecular formula is C38H60N4O10Si. The Labute approximate surface area is 314 Å². The van der Waals surface area contributed by atoms with E-state index in [9.17, 15) is 29.7 Å². The van der Waals surface area contributed by atoms with Gasteiger partial charge in [-0.15, -0.1) is 0 Å². The Morgan fingerprint density at radius 1 is 0.868 bits per heavy atom. The predicted molar refractivity (Wildman–Crippen MR) is 204 cm³/mol. The van der Waals surface area contributed by atoms with Crippen molar-refractivity contribution in [1.29, 1.82) is 0 Å². The number of hydrogen-bond donors (Lipinski definition) is 5. The molecule has 1 heterocycles. The van der Waals surface area contributed by atoms with Crippen molar-refractivity contribution in [3.8, 4) is 5.75 Å². The number of aliphatic hydroxyl groups excluding tert-OH is 2. The van der Waals surface area contributed by atoms with Gasteiger partial charge in [-0.3, -0.25) is 4.90 Å². The maximum Gasteiger partial charge on any atom is 0.409 e. The Morgan fingerprint density at radius 3 is 1.98 bits per heavy atom. The van der Waals surface area contributed by atoms with Gasteiger partial charge in [-0.2, -0.15) is 0 Å². The fourth-order valence-electron chi connectivity index (χ4n) is 5.61. The van der Waals surface area contributed by atoms with Crippen molar-refractivity contribution in [2.75, 3.05) is 59.2 Å². The minimum Gasteiger partial charge on any atom is -0.492 e. The van der Waals surface area contributed by atoms with Crippen molar-refractivity contribution in [1.82, 2.24) is 20.4 Å². The van der Waals surface area contributed by atoms with Crippen molar-refractivity contribution >= 4 is 26.4 Å². The molecule has 0 radical (unpaired) electrons. The molecule has 3 amide bonds. The molecular weight excluding hydrogens is 701 g/mol. The molecule has 1 aliphatic rings. The van der Waals surface area contributed by atoms with E-state index < -0.39 is 56.2 Å². The zero-order valence-corrected chi connectivity index (χ0v) is 33.1. The summed E-state index contributed by atoms with van der Waals surface area (Å²) in [4.78, 5) is 41.7. The number of nitrogens with zero attached hydrogens (tertiary/aromatic N) is 2. The smallest absolute Gasteiger partial charge is 0.409 e. The van der Waals surface area contributed by atoms with Crippen molar-refractivity contribution in [3.05, 3.63) is 65.7 Å². The second kappa shape index (κ2) is 21.1. The van der Waals surface area contributed by atoms with Crippen LogP contribution >= 0.6 is 0 Å². The summed E-state index contributed by atoms with van der Waals surface area (Å²) in [5, 5.41) is 37.7. The number of carbonyl (C=O) groups is 3. The molecule has 0 aliphatic carbocycles. The molecule has 0 spiro atoms. The number of aliphatic hydroxyl groups is 2. The normalized spacial score (nSPS) is 16.1. The van der Waals surface area contributed by atoms with E-state index in [1.807, 2.05) is 54.6 Å². The third kappa shape index (κ3) is 17.7. The highest BCUT2D eigenvalue weighted by Gasteiger charge is 2.32. The second-order valence-electron chi connectivity index (χ2n) is 15.6. The van der Waals surface area contributed by atoms with Crippen LogP contribution in [0.1, 0.15) is 31.9 Å². The summed E-state index contributed by atoms with van der Waals surface area (Å²) in [5.74, 6) is 0.681. The first-order chi connectivity index (χ1) is 25.0. The van der Waals surface area contributed by atoms with Gasteiger partial charge in [0.2, 0.25) is 0 Å². The molecule has 0 bridgehead atoms. The number of ether oxygens (including phenoxy) is 4. The summed E-state index contributed by atoms with van der Waals surface area (Å²) >= 11 is 0. The number of benzene rings is 2. The van der Waals surface area contributed by atoms with Gasteiger partial charge < -0.3 is 49.8 Å². The average Bonchev–Trinajstić information content (AvgIpc) is 3.07. The van der Waals surface area contributed by atoms with Gasteiger partial charge in [0.05, 0.1) is 57.2 Å². The molecule has 1 aliphatic heterocycles. The van der Waals surface area contributed by atoms with Gasteiger partial charge in [0.1, 0.15) is 18.0 Å². The lowest BCUT2D eigenvalue weighted by Gasteiger charge is -2.33. The number of carbonyl (C=O) groups excluding carboxylic acids is 2. The summed E-state index contributed by atoms with van der Waals surface area (Å²) in [5.41, 5.74) is 0.759. The SMILES string of the molecule is CC(C)(C)OC(=O)N[C@@H](Cc1ccc(OCCN2CCOCC2)cc1)C(O)CN(C[C@@H](O)[C@H](Cc1ccccc1)NC(=O)O)C(=O)OCC[Si](C)(C)C. The Balaban J connectivity index is 1.79. The molecule has 2 aromatic carbocycles. The first-order valence-electron chi connectivity index (χ1n) is 18.3. The summed E-state index contributed by atoms with van der Waals surface area (Å²) in [6, 6.07) is 15.2. The van der Waals surface area contributed by atoms with E-state index in [0.29, 0.717) is 31.6 Å². The van der Waals surface area contributed by atoms with Gasteiger partial charge in [0.15, 0.2) is 0 Å². The van der Waals surface area contributed by atoms with Crippen LogP contribution in [0.15, 0.2) is 54.6 Å². The second-order valence-corrected chi connectivity index (χ2v) is 21.2. The van der Waals surface area contributed by atoms with Crippen molar-refractivity contribution in [3.63, 3.8) is 0 Å². The van der Waals surface area contributed by atoms with Gasteiger partial charge in [-0.25, -0.2) is 14.4 Å². The molecule has 0 saturated carbocycles. The maximum absolute atomic E-state index is 13.5. The summed E-state index contributed by atoms with van der Waals surface area (Å²) < 4.78 is 22.5. The molecule has 14 nitrogen and oxygen atoms in total. The highest BCUT2D eigenvalue weighted by molar-refractivity contribution is 6.76. The van der Waals surface area contributed by atoms with E-state index in [-0.39, 0.29) is 32.5 Å². The van der Waals surface area contributed by atoms with Crippen LogP contribution in [0.2, 0.25) is 25.7 Å². The number of rotatable bonds is 19. The monoisotopic (exact) mass is 760 g/mol. The van der Waals surface area contributed by atoms with Gasteiger partial charge in [0.25, 0.3) is 0 Å². The molecule has 296 valence electrons. The van der Waals surface area contributed by atoms with Crippen LogP contribution in [0.5, 0.6) is 5.75 Å². The summed E-state index contributed by atoms with van der Waals surface area (Å²) in [6.07, 6.45) is -5.23. The molecule has 2 aromatic rings. The molecule has 1 saturated heterocycles. The molecule has 4 atom stereocenters. The zero-order chi connectivity index (χ0) is 39.0. The Morgan fingerprint density at radius 2 is 1.43 bits per heavy atom. The first-order valence-corrected chi connectivity index (χ1v) is 22.0. The van der Waals surface area contributed by atoms with Crippen molar-refractivity contribution in [2.45, 2.75) is 89.2 Å².